The van der Waals surface area contributed by atoms with Gasteiger partial charge in [-0.3, -0.25) is 4.99 Å². The van der Waals surface area contributed by atoms with Crippen LogP contribution >= 0.6 is 11.3 Å². The lowest BCUT2D eigenvalue weighted by Gasteiger charge is -2.20. The highest BCUT2D eigenvalue weighted by atomic mass is 32.1. The van der Waals surface area contributed by atoms with E-state index in [1.807, 2.05) is 25.1 Å². The first-order valence-electron chi connectivity index (χ1n) is 9.32. The van der Waals surface area contributed by atoms with Crippen molar-refractivity contribution in [3.8, 4) is 0 Å². The van der Waals surface area contributed by atoms with Gasteiger partial charge in [-0.15, -0.1) is 11.3 Å². The molecule has 9 heteroatoms. The lowest BCUT2D eigenvalue weighted by Crippen LogP contribution is -2.44. The number of hydrogen-bond acceptors (Lipinski definition) is 4. The van der Waals surface area contributed by atoms with Gasteiger partial charge in [-0.2, -0.15) is 13.2 Å². The van der Waals surface area contributed by atoms with E-state index >= 15 is 0 Å². The summed E-state index contributed by atoms with van der Waals surface area (Å²) in [6.45, 7) is 4.94. The van der Waals surface area contributed by atoms with E-state index in [4.69, 9.17) is 0 Å². The SMILES string of the molecule is CCNC(=NCCc1nc(C(F)(F)F)cs1)NC1CCN(c2ccccc2)C1. The van der Waals surface area contributed by atoms with Crippen molar-refractivity contribution in [3.63, 3.8) is 0 Å². The third-order valence-electron chi connectivity index (χ3n) is 4.43. The molecule has 2 N–H and O–H groups in total. The number of thiazole rings is 1. The van der Waals surface area contributed by atoms with E-state index in [1.165, 1.54) is 5.69 Å². The first kappa shape index (κ1) is 20.4. The molecule has 0 saturated carbocycles. The van der Waals surface area contributed by atoms with Gasteiger partial charge in [0.15, 0.2) is 11.7 Å². The van der Waals surface area contributed by atoms with Crippen molar-refractivity contribution in [3.05, 3.63) is 46.4 Å². The van der Waals surface area contributed by atoms with Gasteiger partial charge in [0.2, 0.25) is 0 Å². The van der Waals surface area contributed by atoms with Crippen molar-refractivity contribution in [2.45, 2.75) is 32.0 Å². The number of anilines is 1. The third kappa shape index (κ3) is 5.60. The predicted octanol–water partition coefficient (Wildman–Crippen LogP) is 3.54. The molecule has 1 fully saturated rings. The quantitative estimate of drug-likeness (QED) is 0.564. The Bertz CT molecular complexity index is 775. The molecule has 152 valence electrons. The summed E-state index contributed by atoms with van der Waals surface area (Å²) < 4.78 is 37.9. The molecule has 1 aromatic carbocycles. The predicted molar refractivity (Wildman–Crippen MR) is 107 cm³/mol. The minimum Gasteiger partial charge on any atom is -0.369 e. The van der Waals surface area contributed by atoms with E-state index < -0.39 is 11.9 Å². The van der Waals surface area contributed by atoms with Crippen LogP contribution in [-0.4, -0.2) is 43.2 Å². The molecule has 5 nitrogen and oxygen atoms in total. The van der Waals surface area contributed by atoms with Gasteiger partial charge in [0.05, 0.1) is 5.01 Å². The molecule has 0 aliphatic carbocycles. The summed E-state index contributed by atoms with van der Waals surface area (Å²) in [7, 11) is 0. The summed E-state index contributed by atoms with van der Waals surface area (Å²) >= 11 is 1.02. The second-order valence-corrected chi connectivity index (χ2v) is 7.49. The molecule has 1 saturated heterocycles. The van der Waals surface area contributed by atoms with Crippen molar-refractivity contribution in [1.82, 2.24) is 15.6 Å². The van der Waals surface area contributed by atoms with Crippen LogP contribution in [0, 0.1) is 0 Å². The van der Waals surface area contributed by atoms with Crippen molar-refractivity contribution in [2.24, 2.45) is 4.99 Å². The molecule has 1 unspecified atom stereocenters. The molecule has 1 aliphatic rings. The van der Waals surface area contributed by atoms with Gasteiger partial charge < -0.3 is 15.5 Å². The van der Waals surface area contributed by atoms with Gasteiger partial charge in [0.1, 0.15) is 0 Å². The van der Waals surface area contributed by atoms with Gasteiger partial charge >= 0.3 is 6.18 Å². The zero-order valence-corrected chi connectivity index (χ0v) is 16.5. The fourth-order valence-corrected chi connectivity index (χ4v) is 3.88. The van der Waals surface area contributed by atoms with Crippen LogP contribution in [0.25, 0.3) is 0 Å². The number of aromatic nitrogens is 1. The summed E-state index contributed by atoms with van der Waals surface area (Å²) in [5, 5.41) is 8.14. The van der Waals surface area contributed by atoms with Crippen LogP contribution in [0.1, 0.15) is 24.0 Å². The summed E-state index contributed by atoms with van der Waals surface area (Å²) in [4.78, 5) is 10.5. The largest absolute Gasteiger partial charge is 0.434 e. The van der Waals surface area contributed by atoms with Gasteiger partial charge in [-0.25, -0.2) is 4.98 Å². The van der Waals surface area contributed by atoms with Gasteiger partial charge in [0, 0.05) is 49.7 Å². The minimum atomic E-state index is -4.39. The molecule has 2 heterocycles. The lowest BCUT2D eigenvalue weighted by atomic mass is 10.3. The molecule has 3 rings (SSSR count). The van der Waals surface area contributed by atoms with E-state index in [9.17, 15) is 13.2 Å². The second-order valence-electron chi connectivity index (χ2n) is 6.55. The summed E-state index contributed by atoms with van der Waals surface area (Å²) in [6.07, 6.45) is -3.00. The van der Waals surface area contributed by atoms with E-state index in [0.717, 1.165) is 42.8 Å². The Morgan fingerprint density at radius 2 is 2.11 bits per heavy atom. The average molecular weight is 411 g/mol. The number of alkyl halides is 3. The van der Waals surface area contributed by atoms with Crippen LogP contribution in [0.4, 0.5) is 18.9 Å². The molecular weight excluding hydrogens is 387 g/mol. The average Bonchev–Trinajstić information content (AvgIpc) is 3.32. The number of halogens is 3. The monoisotopic (exact) mass is 411 g/mol. The Hall–Kier alpha value is -2.29. The van der Waals surface area contributed by atoms with E-state index in [0.29, 0.717) is 23.9 Å². The Labute approximate surface area is 166 Å². The molecule has 0 bridgehead atoms. The maximum atomic E-state index is 12.6. The lowest BCUT2D eigenvalue weighted by molar-refractivity contribution is -0.140. The van der Waals surface area contributed by atoms with Crippen LogP contribution in [0.2, 0.25) is 0 Å². The Balaban J connectivity index is 1.52. The Morgan fingerprint density at radius 3 is 2.79 bits per heavy atom. The first-order chi connectivity index (χ1) is 13.5. The number of aliphatic imine (C=N–C) groups is 1. The van der Waals surface area contributed by atoms with Crippen molar-refractivity contribution >= 4 is 23.0 Å². The number of para-hydroxylation sites is 1. The smallest absolute Gasteiger partial charge is 0.369 e. The zero-order valence-electron chi connectivity index (χ0n) is 15.7. The molecule has 1 atom stereocenters. The van der Waals surface area contributed by atoms with Crippen molar-refractivity contribution in [1.29, 1.82) is 0 Å². The normalized spacial score (nSPS) is 17.8. The molecule has 1 aliphatic heterocycles. The topological polar surface area (TPSA) is 52.6 Å². The molecule has 1 aromatic heterocycles. The maximum Gasteiger partial charge on any atom is 0.434 e. The van der Waals surface area contributed by atoms with Crippen LogP contribution in [0.5, 0.6) is 0 Å². The highest BCUT2D eigenvalue weighted by molar-refractivity contribution is 7.09. The molecule has 0 spiro atoms. The second kappa shape index (κ2) is 9.27. The van der Waals surface area contributed by atoms with Crippen LogP contribution < -0.4 is 15.5 Å². The fourth-order valence-electron chi connectivity index (χ4n) is 3.08. The fraction of sp³-hybridized carbons (Fsp3) is 0.474. The standard InChI is InChI=1S/C19H24F3N5S/c1-2-23-18(24-10-8-17-26-16(13-28-17)19(20,21)22)25-14-9-11-27(12-14)15-6-4-3-5-7-15/h3-7,13-14H,2,8-12H2,1H3,(H2,23,24,25). The summed E-state index contributed by atoms with van der Waals surface area (Å²) in [5.41, 5.74) is 0.381. The highest BCUT2D eigenvalue weighted by Crippen LogP contribution is 2.30. The maximum absolute atomic E-state index is 12.6. The highest BCUT2D eigenvalue weighted by Gasteiger charge is 2.33. The van der Waals surface area contributed by atoms with E-state index in [1.54, 1.807) is 0 Å². The number of hydrogen-bond donors (Lipinski definition) is 2. The van der Waals surface area contributed by atoms with Crippen molar-refractivity contribution in [2.75, 3.05) is 31.1 Å². The van der Waals surface area contributed by atoms with E-state index in [2.05, 4.69) is 37.6 Å². The zero-order chi connectivity index (χ0) is 20.0. The number of rotatable bonds is 6. The van der Waals surface area contributed by atoms with Crippen LogP contribution in [-0.2, 0) is 12.6 Å². The number of nitrogens with one attached hydrogen (secondary N) is 2. The van der Waals surface area contributed by atoms with Crippen LogP contribution in [0.3, 0.4) is 0 Å². The first-order valence-corrected chi connectivity index (χ1v) is 10.2. The Kier molecular flexibility index (Phi) is 6.77. The number of nitrogens with zero attached hydrogens (tertiary/aromatic N) is 3. The van der Waals surface area contributed by atoms with Gasteiger partial charge in [-0.05, 0) is 25.5 Å². The minimum absolute atomic E-state index is 0.273. The van der Waals surface area contributed by atoms with Gasteiger partial charge in [0.25, 0.3) is 0 Å². The van der Waals surface area contributed by atoms with Gasteiger partial charge in [-0.1, -0.05) is 18.2 Å². The summed E-state index contributed by atoms with van der Waals surface area (Å²) in [6, 6.07) is 10.5. The third-order valence-corrected chi connectivity index (χ3v) is 5.34. The van der Waals surface area contributed by atoms with Crippen LogP contribution in [0.15, 0.2) is 40.7 Å². The van der Waals surface area contributed by atoms with E-state index in [-0.39, 0.29) is 6.04 Å². The molecule has 0 amide bonds. The summed E-state index contributed by atoms with van der Waals surface area (Å²) in [5.74, 6) is 0.690. The number of benzene rings is 1. The number of guanidine groups is 1. The van der Waals surface area contributed by atoms with Crippen molar-refractivity contribution < 1.29 is 13.2 Å². The molecule has 0 radical (unpaired) electrons. The molecule has 2 aromatic rings. The molecular formula is C19H24F3N5S. The Morgan fingerprint density at radius 1 is 1.32 bits per heavy atom. The molecule has 28 heavy (non-hydrogen) atoms.